The molecule has 8 nitrogen and oxygen atoms in total. The van der Waals surface area contributed by atoms with Crippen molar-refractivity contribution in [3.8, 4) is 11.5 Å². The van der Waals surface area contributed by atoms with Gasteiger partial charge < -0.3 is 9.47 Å². The highest BCUT2D eigenvalue weighted by atomic mass is 79.9. The molecule has 1 aliphatic heterocycles. The van der Waals surface area contributed by atoms with Crippen molar-refractivity contribution in [2.24, 2.45) is 0 Å². The molecule has 1 saturated heterocycles. The summed E-state index contributed by atoms with van der Waals surface area (Å²) in [7, 11) is -1.15. The van der Waals surface area contributed by atoms with Gasteiger partial charge in [0.15, 0.2) is 11.5 Å². The van der Waals surface area contributed by atoms with E-state index in [0.29, 0.717) is 10.0 Å². The van der Waals surface area contributed by atoms with E-state index in [2.05, 4.69) is 15.9 Å². The van der Waals surface area contributed by atoms with Gasteiger partial charge in [0.2, 0.25) is 10.0 Å². The molecular formula is C23H21BrN2O6S. The van der Waals surface area contributed by atoms with Gasteiger partial charge in [-0.15, -0.1) is 0 Å². The van der Waals surface area contributed by atoms with Gasteiger partial charge in [-0.1, -0.05) is 51.8 Å². The quantitative estimate of drug-likeness (QED) is 0.236. The summed E-state index contributed by atoms with van der Waals surface area (Å²) >= 11 is 3.50. The fourth-order valence-electron chi connectivity index (χ4n) is 3.95. The van der Waals surface area contributed by atoms with Crippen LogP contribution in [-0.4, -0.2) is 31.9 Å². The molecular weight excluding hydrogens is 512 g/mol. The molecule has 0 aromatic heterocycles. The van der Waals surface area contributed by atoms with Crippen molar-refractivity contribution in [1.82, 2.24) is 4.31 Å². The van der Waals surface area contributed by atoms with E-state index in [-0.39, 0.29) is 27.6 Å². The minimum absolute atomic E-state index is 0.121. The zero-order chi connectivity index (χ0) is 23.9. The highest BCUT2D eigenvalue weighted by Gasteiger charge is 2.59. The van der Waals surface area contributed by atoms with Crippen LogP contribution in [0.25, 0.3) is 0 Å². The fourth-order valence-corrected chi connectivity index (χ4v) is 6.19. The molecule has 0 radical (unpaired) electrons. The number of nitro groups is 1. The Morgan fingerprint density at radius 3 is 2.09 bits per heavy atom. The van der Waals surface area contributed by atoms with E-state index in [9.17, 15) is 18.5 Å². The van der Waals surface area contributed by atoms with Crippen molar-refractivity contribution in [2.75, 3.05) is 14.2 Å². The van der Waals surface area contributed by atoms with Gasteiger partial charge in [0.1, 0.15) is 0 Å². The molecule has 1 aliphatic rings. The third kappa shape index (κ3) is 4.09. The number of ether oxygens (including phenoxy) is 2. The Labute approximate surface area is 200 Å². The lowest BCUT2D eigenvalue weighted by Gasteiger charge is -2.11. The first kappa shape index (κ1) is 23.2. The van der Waals surface area contributed by atoms with Crippen LogP contribution in [0.3, 0.4) is 0 Å². The largest absolute Gasteiger partial charge is 0.493 e. The first-order chi connectivity index (χ1) is 15.7. The lowest BCUT2D eigenvalue weighted by atomic mass is 10.0. The predicted molar refractivity (Wildman–Crippen MR) is 126 cm³/mol. The molecule has 0 N–H and O–H groups in total. The van der Waals surface area contributed by atoms with E-state index in [1.807, 2.05) is 19.1 Å². The molecule has 4 rings (SSSR count). The summed E-state index contributed by atoms with van der Waals surface area (Å²) in [6.07, 6.45) is 0. The molecule has 3 aromatic rings. The highest BCUT2D eigenvalue weighted by Crippen LogP contribution is 2.61. The van der Waals surface area contributed by atoms with Crippen LogP contribution in [0.15, 0.2) is 70.0 Å². The second-order valence-electron chi connectivity index (χ2n) is 7.58. The topological polar surface area (TPSA) is 98.8 Å². The molecule has 0 bridgehead atoms. The molecule has 0 amide bonds. The molecule has 172 valence electrons. The summed E-state index contributed by atoms with van der Waals surface area (Å²) < 4.78 is 39.8. The van der Waals surface area contributed by atoms with Gasteiger partial charge in [0.25, 0.3) is 5.69 Å². The maximum absolute atomic E-state index is 13.6. The van der Waals surface area contributed by atoms with Gasteiger partial charge in [-0.05, 0) is 36.8 Å². The Bertz CT molecular complexity index is 1330. The molecule has 3 atom stereocenters. The van der Waals surface area contributed by atoms with Crippen LogP contribution in [0.1, 0.15) is 28.8 Å². The second-order valence-corrected chi connectivity index (χ2v) is 10.3. The number of rotatable bonds is 7. The van der Waals surface area contributed by atoms with Crippen molar-refractivity contribution in [3.05, 3.63) is 91.9 Å². The minimum Gasteiger partial charge on any atom is -0.493 e. The standard InChI is InChI=1S/C23H21BrN2O6S/c1-14-8-10-15(11-9-14)33(29,30)25-22(16-6-4-5-7-18(16)24)23(25)17-12-20(31-2)21(32-3)13-19(17)26(27)28/h4-13,22-23H,1-3H3/t22-,23-,25?/m1/s1. The van der Waals surface area contributed by atoms with E-state index in [4.69, 9.17) is 9.47 Å². The summed E-state index contributed by atoms with van der Waals surface area (Å²) in [4.78, 5) is 11.5. The maximum Gasteiger partial charge on any atom is 0.278 e. The average molecular weight is 533 g/mol. The fraction of sp³-hybridized carbons (Fsp3) is 0.217. The molecule has 1 unspecified atom stereocenters. The number of halogens is 1. The van der Waals surface area contributed by atoms with E-state index < -0.39 is 27.0 Å². The number of hydrogen-bond acceptors (Lipinski definition) is 6. The molecule has 1 heterocycles. The van der Waals surface area contributed by atoms with Crippen LogP contribution in [0.2, 0.25) is 0 Å². The molecule has 33 heavy (non-hydrogen) atoms. The maximum atomic E-state index is 13.6. The Morgan fingerprint density at radius 2 is 1.52 bits per heavy atom. The Kier molecular flexibility index (Phi) is 6.17. The van der Waals surface area contributed by atoms with Crippen molar-refractivity contribution in [2.45, 2.75) is 23.9 Å². The summed E-state index contributed by atoms with van der Waals surface area (Å²) in [5.41, 5.74) is 1.63. The SMILES string of the molecule is COc1cc([C@@H]2[C@@H](c3ccccc3Br)N2S(=O)(=O)c2ccc(C)cc2)c([N+](=O)[O-])cc1OC. The predicted octanol–water partition coefficient (Wildman–Crippen LogP) is 5.17. The highest BCUT2D eigenvalue weighted by molar-refractivity contribution is 9.10. The normalized spacial score (nSPS) is 19.7. The van der Waals surface area contributed by atoms with Crippen LogP contribution in [0.4, 0.5) is 5.69 Å². The lowest BCUT2D eigenvalue weighted by molar-refractivity contribution is -0.385. The van der Waals surface area contributed by atoms with Crippen molar-refractivity contribution < 1.29 is 22.8 Å². The Morgan fingerprint density at radius 1 is 0.939 bits per heavy atom. The van der Waals surface area contributed by atoms with Crippen LogP contribution >= 0.6 is 15.9 Å². The summed E-state index contributed by atoms with van der Waals surface area (Å²) in [5.74, 6) is 0.475. The van der Waals surface area contributed by atoms with Gasteiger partial charge in [-0.25, -0.2) is 8.42 Å². The van der Waals surface area contributed by atoms with Crippen LogP contribution in [0.5, 0.6) is 11.5 Å². The number of sulfonamides is 1. The number of aryl methyl sites for hydroxylation is 1. The number of benzene rings is 3. The Hall–Kier alpha value is -2.95. The number of nitro benzene ring substituents is 1. The molecule has 0 spiro atoms. The van der Waals surface area contributed by atoms with E-state index in [0.717, 1.165) is 5.56 Å². The van der Waals surface area contributed by atoms with Crippen LogP contribution < -0.4 is 9.47 Å². The van der Waals surface area contributed by atoms with Gasteiger partial charge in [-0.3, -0.25) is 10.1 Å². The summed E-state index contributed by atoms with van der Waals surface area (Å²) in [6, 6.07) is 15.1. The number of nitrogens with zero attached hydrogens (tertiary/aromatic N) is 2. The smallest absolute Gasteiger partial charge is 0.278 e. The third-order valence-electron chi connectivity index (χ3n) is 5.63. The lowest BCUT2D eigenvalue weighted by Crippen LogP contribution is -2.14. The van der Waals surface area contributed by atoms with Gasteiger partial charge >= 0.3 is 0 Å². The first-order valence-electron chi connectivity index (χ1n) is 9.95. The molecule has 1 fully saturated rings. The van der Waals surface area contributed by atoms with Crippen LogP contribution in [0, 0.1) is 17.0 Å². The van der Waals surface area contributed by atoms with Crippen molar-refractivity contribution >= 4 is 31.6 Å². The second kappa shape index (κ2) is 8.77. The van der Waals surface area contributed by atoms with Gasteiger partial charge in [0, 0.05) is 4.47 Å². The monoisotopic (exact) mass is 532 g/mol. The van der Waals surface area contributed by atoms with Crippen molar-refractivity contribution in [3.63, 3.8) is 0 Å². The molecule has 0 aliphatic carbocycles. The number of hydrogen-bond donors (Lipinski definition) is 0. The van der Waals surface area contributed by atoms with E-state index >= 15 is 0 Å². The average Bonchev–Trinajstić information content (AvgIpc) is 3.55. The Balaban J connectivity index is 1.91. The summed E-state index contributed by atoms with van der Waals surface area (Å²) in [5, 5.41) is 11.9. The van der Waals surface area contributed by atoms with Crippen molar-refractivity contribution in [1.29, 1.82) is 0 Å². The van der Waals surface area contributed by atoms with Gasteiger partial charge in [0.05, 0.1) is 47.8 Å². The van der Waals surface area contributed by atoms with E-state index in [1.54, 1.807) is 36.4 Å². The molecule has 0 saturated carbocycles. The summed E-state index contributed by atoms with van der Waals surface area (Å²) in [6.45, 7) is 1.87. The molecule has 10 heteroatoms. The van der Waals surface area contributed by atoms with Gasteiger partial charge in [-0.2, -0.15) is 4.31 Å². The van der Waals surface area contributed by atoms with Crippen LogP contribution in [-0.2, 0) is 10.0 Å². The molecule has 3 aromatic carbocycles. The van der Waals surface area contributed by atoms with E-state index in [1.165, 1.54) is 30.7 Å². The third-order valence-corrected chi connectivity index (χ3v) is 8.23. The first-order valence-corrected chi connectivity index (χ1v) is 12.2. The zero-order valence-electron chi connectivity index (χ0n) is 18.1. The zero-order valence-corrected chi connectivity index (χ0v) is 20.5. The minimum atomic E-state index is -3.95. The number of methoxy groups -OCH3 is 2.